The number of anilines is 1. The maximum atomic E-state index is 6.41. The fraction of sp³-hybridized carbons (Fsp3) is 0.333. The molecule has 2 rings (SSSR count). The molecule has 0 aromatic heterocycles. The molecule has 0 bridgehead atoms. The van der Waals surface area contributed by atoms with Crippen LogP contribution >= 0.6 is 11.6 Å². The van der Waals surface area contributed by atoms with E-state index < -0.39 is 0 Å². The molecule has 2 N–H and O–H groups in total. The van der Waals surface area contributed by atoms with Gasteiger partial charge in [0.25, 0.3) is 0 Å². The van der Waals surface area contributed by atoms with Crippen molar-refractivity contribution in [3.8, 4) is 11.1 Å². The van der Waals surface area contributed by atoms with Crippen LogP contribution in [0.15, 0.2) is 42.5 Å². The second-order valence-corrected chi connectivity index (χ2v) is 6.07. The van der Waals surface area contributed by atoms with E-state index in [0.717, 1.165) is 22.6 Å². The van der Waals surface area contributed by atoms with E-state index in [1.807, 2.05) is 20.2 Å². The summed E-state index contributed by atoms with van der Waals surface area (Å²) in [5.74, 6) is 0.447. The zero-order chi connectivity index (χ0) is 15.4. The van der Waals surface area contributed by atoms with Crippen molar-refractivity contribution in [2.45, 2.75) is 19.3 Å². The summed E-state index contributed by atoms with van der Waals surface area (Å²) < 4.78 is 0. The highest BCUT2D eigenvalue weighted by molar-refractivity contribution is 6.33. The molecule has 0 amide bonds. The standard InChI is InChI=1S/C18H23ClN2/c1-13(9-10-20)14-7-8-18(19)17(12-14)15-5-4-6-16(11-15)21(2)3/h4-8,11-13H,9-10,20H2,1-3H3. The van der Waals surface area contributed by atoms with Gasteiger partial charge >= 0.3 is 0 Å². The summed E-state index contributed by atoms with van der Waals surface area (Å²) >= 11 is 6.41. The molecule has 1 unspecified atom stereocenters. The van der Waals surface area contributed by atoms with Crippen molar-refractivity contribution < 1.29 is 0 Å². The van der Waals surface area contributed by atoms with E-state index in [2.05, 4.69) is 48.2 Å². The van der Waals surface area contributed by atoms with Gasteiger partial charge in [0.1, 0.15) is 0 Å². The molecule has 0 fully saturated rings. The minimum atomic E-state index is 0.447. The van der Waals surface area contributed by atoms with Gasteiger partial charge in [-0.2, -0.15) is 0 Å². The summed E-state index contributed by atoms with van der Waals surface area (Å²) in [6.07, 6.45) is 0.985. The Bertz CT molecular complexity index is 608. The van der Waals surface area contributed by atoms with E-state index >= 15 is 0 Å². The van der Waals surface area contributed by atoms with Crippen LogP contribution in [0.4, 0.5) is 5.69 Å². The third-order valence-corrected chi connectivity index (χ3v) is 4.16. The highest BCUT2D eigenvalue weighted by atomic mass is 35.5. The quantitative estimate of drug-likeness (QED) is 0.879. The van der Waals surface area contributed by atoms with Crippen LogP contribution in [0.1, 0.15) is 24.8 Å². The second-order valence-electron chi connectivity index (χ2n) is 5.66. The predicted molar refractivity (Wildman–Crippen MR) is 93.3 cm³/mol. The molecular weight excluding hydrogens is 280 g/mol. The van der Waals surface area contributed by atoms with Gasteiger partial charge in [0.2, 0.25) is 0 Å². The van der Waals surface area contributed by atoms with Crippen molar-refractivity contribution in [2.24, 2.45) is 5.73 Å². The zero-order valence-corrected chi connectivity index (χ0v) is 13.7. The van der Waals surface area contributed by atoms with Crippen molar-refractivity contribution in [3.05, 3.63) is 53.1 Å². The maximum Gasteiger partial charge on any atom is 0.0484 e. The molecule has 0 radical (unpaired) electrons. The van der Waals surface area contributed by atoms with Crippen LogP contribution in [0.2, 0.25) is 5.02 Å². The Hall–Kier alpha value is -1.51. The maximum absolute atomic E-state index is 6.41. The van der Waals surface area contributed by atoms with Crippen molar-refractivity contribution in [1.29, 1.82) is 0 Å². The summed E-state index contributed by atoms with van der Waals surface area (Å²) in [5.41, 5.74) is 10.4. The first-order chi connectivity index (χ1) is 10.0. The molecule has 2 nitrogen and oxygen atoms in total. The molecular formula is C18H23ClN2. The Kier molecular flexibility index (Phi) is 5.27. The third-order valence-electron chi connectivity index (χ3n) is 3.83. The van der Waals surface area contributed by atoms with Crippen LogP contribution in [-0.2, 0) is 0 Å². The summed E-state index contributed by atoms with van der Waals surface area (Å²) in [6, 6.07) is 14.7. The van der Waals surface area contributed by atoms with Gasteiger partial charge in [0, 0.05) is 30.4 Å². The lowest BCUT2D eigenvalue weighted by molar-refractivity contribution is 0.690. The first kappa shape index (κ1) is 15.9. The van der Waals surface area contributed by atoms with Gasteiger partial charge in [-0.1, -0.05) is 36.7 Å². The van der Waals surface area contributed by atoms with E-state index in [-0.39, 0.29) is 0 Å². The zero-order valence-electron chi connectivity index (χ0n) is 12.9. The summed E-state index contributed by atoms with van der Waals surface area (Å²) in [7, 11) is 4.08. The number of rotatable bonds is 5. The Labute approximate surface area is 132 Å². The fourth-order valence-corrected chi connectivity index (χ4v) is 2.67. The molecule has 2 aromatic rings. The SMILES string of the molecule is CC(CCN)c1ccc(Cl)c(-c2cccc(N(C)C)c2)c1. The second kappa shape index (κ2) is 6.97. The third kappa shape index (κ3) is 3.78. The summed E-state index contributed by atoms with van der Waals surface area (Å²) in [6.45, 7) is 2.91. The molecule has 0 heterocycles. The Morgan fingerprint density at radius 3 is 2.57 bits per heavy atom. The normalized spacial score (nSPS) is 12.2. The van der Waals surface area contributed by atoms with E-state index in [0.29, 0.717) is 12.5 Å². The molecule has 0 aliphatic rings. The van der Waals surface area contributed by atoms with Crippen molar-refractivity contribution in [3.63, 3.8) is 0 Å². The highest BCUT2D eigenvalue weighted by Crippen LogP contribution is 2.33. The van der Waals surface area contributed by atoms with E-state index in [1.165, 1.54) is 11.3 Å². The lowest BCUT2D eigenvalue weighted by Crippen LogP contribution is -2.08. The van der Waals surface area contributed by atoms with Crippen LogP contribution < -0.4 is 10.6 Å². The van der Waals surface area contributed by atoms with Crippen LogP contribution in [0, 0.1) is 0 Å². The Morgan fingerprint density at radius 1 is 1.14 bits per heavy atom. The number of benzene rings is 2. The summed E-state index contributed by atoms with van der Waals surface area (Å²) in [5, 5.41) is 0.787. The van der Waals surface area contributed by atoms with E-state index in [4.69, 9.17) is 17.3 Å². The molecule has 0 aliphatic heterocycles. The van der Waals surface area contributed by atoms with Gasteiger partial charge in [-0.25, -0.2) is 0 Å². The number of hydrogen-bond donors (Lipinski definition) is 1. The number of nitrogens with zero attached hydrogens (tertiary/aromatic N) is 1. The lowest BCUT2D eigenvalue weighted by Gasteiger charge is -2.16. The molecule has 0 aliphatic carbocycles. The summed E-state index contributed by atoms with van der Waals surface area (Å²) in [4.78, 5) is 2.10. The average molecular weight is 303 g/mol. The minimum absolute atomic E-state index is 0.447. The number of hydrogen-bond acceptors (Lipinski definition) is 2. The van der Waals surface area contributed by atoms with Crippen molar-refractivity contribution in [2.75, 3.05) is 25.5 Å². The van der Waals surface area contributed by atoms with E-state index in [9.17, 15) is 0 Å². The number of nitrogens with two attached hydrogens (primary N) is 1. The molecule has 0 spiro atoms. The Balaban J connectivity index is 2.43. The van der Waals surface area contributed by atoms with Crippen molar-refractivity contribution in [1.82, 2.24) is 0 Å². The average Bonchev–Trinajstić information content (AvgIpc) is 2.48. The van der Waals surface area contributed by atoms with Gasteiger partial charge in [-0.15, -0.1) is 0 Å². The van der Waals surface area contributed by atoms with Gasteiger partial charge < -0.3 is 10.6 Å². The van der Waals surface area contributed by atoms with Crippen LogP contribution in [0.3, 0.4) is 0 Å². The van der Waals surface area contributed by atoms with Gasteiger partial charge in [-0.3, -0.25) is 0 Å². The predicted octanol–water partition coefficient (Wildman–Crippen LogP) is 4.53. The molecule has 1 atom stereocenters. The smallest absolute Gasteiger partial charge is 0.0484 e. The topological polar surface area (TPSA) is 29.3 Å². The molecule has 3 heteroatoms. The van der Waals surface area contributed by atoms with Gasteiger partial charge in [0.15, 0.2) is 0 Å². The molecule has 0 saturated heterocycles. The number of halogens is 1. The fourth-order valence-electron chi connectivity index (χ4n) is 2.44. The molecule has 0 saturated carbocycles. The first-order valence-electron chi connectivity index (χ1n) is 7.30. The van der Waals surface area contributed by atoms with Crippen LogP contribution in [0.5, 0.6) is 0 Å². The molecule has 21 heavy (non-hydrogen) atoms. The minimum Gasteiger partial charge on any atom is -0.378 e. The first-order valence-corrected chi connectivity index (χ1v) is 7.68. The van der Waals surface area contributed by atoms with Crippen LogP contribution in [0.25, 0.3) is 11.1 Å². The van der Waals surface area contributed by atoms with Gasteiger partial charge in [-0.05, 0) is 54.3 Å². The van der Waals surface area contributed by atoms with Crippen LogP contribution in [-0.4, -0.2) is 20.6 Å². The largest absolute Gasteiger partial charge is 0.378 e. The molecule has 2 aromatic carbocycles. The van der Waals surface area contributed by atoms with E-state index in [1.54, 1.807) is 0 Å². The lowest BCUT2D eigenvalue weighted by atomic mass is 9.94. The van der Waals surface area contributed by atoms with Crippen molar-refractivity contribution >= 4 is 17.3 Å². The molecule has 112 valence electrons. The van der Waals surface area contributed by atoms with Gasteiger partial charge in [0.05, 0.1) is 0 Å². The monoisotopic (exact) mass is 302 g/mol. The highest BCUT2D eigenvalue weighted by Gasteiger charge is 2.10. The Morgan fingerprint density at radius 2 is 1.90 bits per heavy atom.